The average Bonchev–Trinajstić information content (AvgIpc) is 2.48. The number of hydrogen-bond donors (Lipinski definition) is 1. The first kappa shape index (κ1) is 16.9. The molecule has 0 bridgehead atoms. The lowest BCUT2D eigenvalue weighted by Crippen LogP contribution is -2.40. The van der Waals surface area contributed by atoms with Crippen molar-refractivity contribution in [2.75, 3.05) is 6.54 Å². The Hall–Kier alpha value is -2.20. The third-order valence-electron chi connectivity index (χ3n) is 2.75. The van der Waals surface area contributed by atoms with Gasteiger partial charge in [0.25, 0.3) is 0 Å². The van der Waals surface area contributed by atoms with Gasteiger partial charge in [0.15, 0.2) is 0 Å². The zero-order valence-corrected chi connectivity index (χ0v) is 12.4. The zero-order valence-electron chi connectivity index (χ0n) is 12.4. The van der Waals surface area contributed by atoms with Gasteiger partial charge in [0.2, 0.25) is 0 Å². The number of allylic oxidation sites excluding steroid dienone is 3. The molecule has 0 aliphatic rings. The summed E-state index contributed by atoms with van der Waals surface area (Å²) in [4.78, 5) is 23.5. The molecule has 1 aromatic carbocycles. The molecule has 112 valence electrons. The van der Waals surface area contributed by atoms with Gasteiger partial charge in [-0.2, -0.15) is 0 Å². The van der Waals surface area contributed by atoms with Gasteiger partial charge in [0.1, 0.15) is 6.04 Å². The Morgan fingerprint density at radius 2 is 1.95 bits per heavy atom. The molecule has 0 aromatic heterocycles. The molecule has 1 N–H and O–H groups in total. The summed E-state index contributed by atoms with van der Waals surface area (Å²) in [6, 6.07) is 9.08. The normalized spacial score (nSPS) is 12.7. The highest BCUT2D eigenvalue weighted by Crippen LogP contribution is 2.05. The summed E-state index contributed by atoms with van der Waals surface area (Å²) < 4.78 is 4.82. The van der Waals surface area contributed by atoms with E-state index in [-0.39, 0.29) is 0 Å². The van der Waals surface area contributed by atoms with E-state index in [0.29, 0.717) is 13.0 Å². The first-order valence-electron chi connectivity index (χ1n) is 6.99. The first-order chi connectivity index (χ1) is 10.2. The Morgan fingerprint density at radius 3 is 2.57 bits per heavy atom. The Kier molecular flexibility index (Phi) is 7.76. The molecular formula is C17H21NO3. The quantitative estimate of drug-likeness (QED) is 0.362. The highest BCUT2D eigenvalue weighted by Gasteiger charge is 2.21. The molecule has 0 saturated heterocycles. The summed E-state index contributed by atoms with van der Waals surface area (Å²) in [7, 11) is 0. The lowest BCUT2D eigenvalue weighted by atomic mass is 10.1. The number of esters is 2. The van der Waals surface area contributed by atoms with Crippen LogP contribution in [0.15, 0.2) is 54.6 Å². The van der Waals surface area contributed by atoms with E-state index in [9.17, 15) is 9.59 Å². The Bertz CT molecular complexity index is 506. The maximum absolute atomic E-state index is 12.0. The van der Waals surface area contributed by atoms with E-state index in [1.165, 1.54) is 12.2 Å². The highest BCUT2D eigenvalue weighted by atomic mass is 16.6. The number of carbonyl (C=O) groups excluding carboxylic acids is 2. The predicted molar refractivity (Wildman–Crippen MR) is 82.7 cm³/mol. The Balaban J connectivity index is 2.63. The summed E-state index contributed by atoms with van der Waals surface area (Å²) in [5.74, 6) is -1.22. The molecule has 0 amide bonds. The Morgan fingerprint density at radius 1 is 1.24 bits per heavy atom. The molecule has 21 heavy (non-hydrogen) atoms. The lowest BCUT2D eigenvalue weighted by molar-refractivity contribution is -0.157. The fourth-order valence-electron chi connectivity index (χ4n) is 1.78. The number of carbonyl (C=O) groups is 2. The van der Waals surface area contributed by atoms with Crippen LogP contribution in [0.2, 0.25) is 0 Å². The van der Waals surface area contributed by atoms with Gasteiger partial charge in [-0.1, -0.05) is 55.5 Å². The maximum atomic E-state index is 12.0. The second-order valence-corrected chi connectivity index (χ2v) is 4.43. The molecule has 0 aliphatic heterocycles. The van der Waals surface area contributed by atoms with Crippen molar-refractivity contribution in [1.82, 2.24) is 5.32 Å². The van der Waals surface area contributed by atoms with Gasteiger partial charge in [0.05, 0.1) is 0 Å². The van der Waals surface area contributed by atoms with Crippen molar-refractivity contribution in [3.8, 4) is 0 Å². The number of hydrogen-bond acceptors (Lipinski definition) is 4. The number of ether oxygens (including phenoxy) is 1. The van der Waals surface area contributed by atoms with Gasteiger partial charge in [-0.3, -0.25) is 0 Å². The maximum Gasteiger partial charge on any atom is 0.338 e. The van der Waals surface area contributed by atoms with E-state index in [4.69, 9.17) is 4.74 Å². The topological polar surface area (TPSA) is 55.4 Å². The molecule has 4 heteroatoms. The van der Waals surface area contributed by atoms with Gasteiger partial charge < -0.3 is 10.1 Å². The minimum atomic E-state index is -0.658. The van der Waals surface area contributed by atoms with Crippen LogP contribution in [-0.2, 0) is 20.7 Å². The molecule has 1 aromatic rings. The van der Waals surface area contributed by atoms with Crippen molar-refractivity contribution in [3.05, 3.63) is 60.2 Å². The summed E-state index contributed by atoms with van der Waals surface area (Å²) in [6.45, 7) is 4.36. The monoisotopic (exact) mass is 287 g/mol. The van der Waals surface area contributed by atoms with Gasteiger partial charge >= 0.3 is 11.9 Å². The van der Waals surface area contributed by atoms with Crippen LogP contribution in [0.5, 0.6) is 0 Å². The SMILES string of the molecule is C/C=C/C=C/C(=O)OC(=O)[C@H](Cc1ccccc1)NCC. The predicted octanol–water partition coefficient (Wildman–Crippen LogP) is 2.41. The highest BCUT2D eigenvalue weighted by molar-refractivity contribution is 5.94. The van der Waals surface area contributed by atoms with Crippen LogP contribution in [0.25, 0.3) is 0 Å². The van der Waals surface area contributed by atoms with Crippen molar-refractivity contribution in [2.24, 2.45) is 0 Å². The molecule has 4 nitrogen and oxygen atoms in total. The average molecular weight is 287 g/mol. The molecule has 1 rings (SSSR count). The van der Waals surface area contributed by atoms with E-state index in [2.05, 4.69) is 5.32 Å². The van der Waals surface area contributed by atoms with Crippen molar-refractivity contribution >= 4 is 11.9 Å². The van der Waals surface area contributed by atoms with Gasteiger partial charge in [-0.15, -0.1) is 0 Å². The zero-order chi connectivity index (χ0) is 15.5. The second kappa shape index (κ2) is 9.66. The Labute approximate surface area is 125 Å². The molecule has 0 radical (unpaired) electrons. The second-order valence-electron chi connectivity index (χ2n) is 4.43. The van der Waals surface area contributed by atoms with Crippen molar-refractivity contribution < 1.29 is 14.3 Å². The molecule has 1 atom stereocenters. The lowest BCUT2D eigenvalue weighted by Gasteiger charge is -2.15. The largest absolute Gasteiger partial charge is 0.389 e. The molecule has 0 aliphatic carbocycles. The van der Waals surface area contributed by atoms with Crippen molar-refractivity contribution in [3.63, 3.8) is 0 Å². The van der Waals surface area contributed by atoms with E-state index in [1.807, 2.05) is 44.2 Å². The van der Waals surface area contributed by atoms with Crippen molar-refractivity contribution in [1.29, 1.82) is 0 Å². The fourth-order valence-corrected chi connectivity index (χ4v) is 1.78. The summed E-state index contributed by atoms with van der Waals surface area (Å²) in [5, 5.41) is 3.04. The molecule has 0 fully saturated rings. The number of nitrogens with one attached hydrogen (secondary N) is 1. The standard InChI is InChI=1S/C17H21NO3/c1-3-5-7-12-16(19)21-17(20)15(18-4-2)13-14-10-8-6-9-11-14/h3,5-12,15,18H,4,13H2,1-2H3/b5-3+,12-7+/t15-/m0/s1. The van der Waals surface area contributed by atoms with Crippen LogP contribution >= 0.6 is 0 Å². The minimum Gasteiger partial charge on any atom is -0.389 e. The number of likely N-dealkylation sites (N-methyl/N-ethyl adjacent to an activating group) is 1. The van der Waals surface area contributed by atoms with E-state index in [0.717, 1.165) is 5.56 Å². The van der Waals surface area contributed by atoms with Crippen LogP contribution in [-0.4, -0.2) is 24.5 Å². The molecule has 0 unspecified atom stereocenters. The molecular weight excluding hydrogens is 266 g/mol. The van der Waals surface area contributed by atoms with Gasteiger partial charge in [-0.25, -0.2) is 9.59 Å². The van der Waals surface area contributed by atoms with Crippen LogP contribution in [0.3, 0.4) is 0 Å². The van der Waals surface area contributed by atoms with Crippen LogP contribution in [0, 0.1) is 0 Å². The fraction of sp³-hybridized carbons (Fsp3) is 0.294. The number of benzene rings is 1. The molecule has 0 spiro atoms. The summed E-state index contributed by atoms with van der Waals surface area (Å²) in [5.41, 5.74) is 1.01. The van der Waals surface area contributed by atoms with E-state index < -0.39 is 18.0 Å². The summed E-state index contributed by atoms with van der Waals surface area (Å²) >= 11 is 0. The van der Waals surface area contributed by atoms with E-state index >= 15 is 0 Å². The van der Waals surface area contributed by atoms with Gasteiger partial charge in [0, 0.05) is 6.08 Å². The molecule has 0 heterocycles. The van der Waals surface area contributed by atoms with Crippen LogP contribution in [0.4, 0.5) is 0 Å². The van der Waals surface area contributed by atoms with Crippen LogP contribution in [0.1, 0.15) is 19.4 Å². The smallest absolute Gasteiger partial charge is 0.338 e. The van der Waals surface area contributed by atoms with Gasteiger partial charge in [-0.05, 0) is 25.5 Å². The van der Waals surface area contributed by atoms with E-state index in [1.54, 1.807) is 12.2 Å². The third kappa shape index (κ3) is 6.68. The third-order valence-corrected chi connectivity index (χ3v) is 2.75. The van der Waals surface area contributed by atoms with Crippen LogP contribution < -0.4 is 5.32 Å². The summed E-state index contributed by atoms with van der Waals surface area (Å²) in [6.07, 6.45) is 6.72. The van der Waals surface area contributed by atoms with Crippen molar-refractivity contribution in [2.45, 2.75) is 26.3 Å². The minimum absolute atomic E-state index is 0.485. The number of rotatable bonds is 7. The molecule has 0 saturated carbocycles. The first-order valence-corrected chi connectivity index (χ1v) is 6.99.